The number of benzene rings is 1. The summed E-state index contributed by atoms with van der Waals surface area (Å²) in [7, 11) is 6.63. The van der Waals surface area contributed by atoms with Crippen molar-refractivity contribution in [1.82, 2.24) is 15.1 Å². The number of fused-ring (bicyclic) bond motifs is 7. The molecule has 0 unspecified atom stereocenters. The van der Waals surface area contributed by atoms with Gasteiger partial charge in [-0.15, -0.1) is 0 Å². The summed E-state index contributed by atoms with van der Waals surface area (Å²) in [6, 6.07) is 7.91. The number of hydrogen-bond acceptors (Lipinski definition) is 4. The van der Waals surface area contributed by atoms with Crippen molar-refractivity contribution in [2.24, 2.45) is 57.2 Å². The lowest BCUT2D eigenvalue weighted by Crippen LogP contribution is -2.69. The van der Waals surface area contributed by atoms with Gasteiger partial charge in [0.15, 0.2) is 0 Å². The van der Waals surface area contributed by atoms with Crippen molar-refractivity contribution in [3.63, 3.8) is 0 Å². The molecule has 10 atom stereocenters. The van der Waals surface area contributed by atoms with Gasteiger partial charge in [-0.05, 0) is 166 Å². The van der Waals surface area contributed by atoms with E-state index in [9.17, 15) is 9.90 Å². The lowest BCUT2D eigenvalue weighted by Gasteiger charge is -2.73. The number of carboxylic acid groups (broad SMARTS) is 1. The maximum absolute atomic E-state index is 11.6. The zero-order valence-electron chi connectivity index (χ0n) is 32.5. The summed E-state index contributed by atoms with van der Waals surface area (Å²) < 4.78 is 0. The lowest BCUT2D eigenvalue weighted by atomic mass is 9.32. The Hall–Kier alpha value is -1.43. The smallest absolute Gasteiger partial charge is 0.335 e. The molecule has 5 fully saturated rings. The van der Waals surface area contributed by atoms with Crippen molar-refractivity contribution in [3.05, 3.63) is 35.4 Å². The first-order chi connectivity index (χ1) is 22.6. The third-order valence-corrected chi connectivity index (χ3v) is 17.0. The molecule has 0 aromatic heterocycles. The fraction of sp³-hybridized carbons (Fsp3) is 0.837. The molecule has 48 heavy (non-hydrogen) atoms. The standard InChI is InChI=1S/C43H71N3O2/c1-29(2)32-17-22-43(46(26-25-44-8)28-27-45(9)10)24-23-41(6)34(37(32)43)15-16-36-40(5)20-18-33(30-11-13-31(14-12-30)38(47)48)39(3,4)35(40)19-21-42(36,41)7/h11-14,29,32-37,44H,15-28H2,1-10H3,(H,47,48)/t32-,33+,34+,35-,36+,37+,40-,41+,42+,43-/m0/s1. The van der Waals surface area contributed by atoms with E-state index in [0.717, 1.165) is 42.7 Å². The fourth-order valence-corrected chi connectivity index (χ4v) is 14.5. The molecule has 5 aliphatic rings. The predicted molar refractivity (Wildman–Crippen MR) is 199 cm³/mol. The Morgan fingerprint density at radius 3 is 2.17 bits per heavy atom. The molecule has 5 aliphatic carbocycles. The van der Waals surface area contributed by atoms with Crippen LogP contribution in [0.1, 0.15) is 135 Å². The molecule has 2 N–H and O–H groups in total. The highest BCUT2D eigenvalue weighted by Gasteiger charge is 2.71. The predicted octanol–water partition coefficient (Wildman–Crippen LogP) is 9.04. The van der Waals surface area contributed by atoms with Crippen LogP contribution in [0.2, 0.25) is 0 Å². The topological polar surface area (TPSA) is 55.8 Å². The average Bonchev–Trinajstić information content (AvgIpc) is 3.42. The maximum Gasteiger partial charge on any atom is 0.335 e. The molecule has 1 aromatic carbocycles. The van der Waals surface area contributed by atoms with Crippen LogP contribution in [0, 0.1) is 57.2 Å². The van der Waals surface area contributed by atoms with E-state index in [2.05, 4.69) is 96.9 Å². The van der Waals surface area contributed by atoms with Crippen molar-refractivity contribution in [2.45, 2.75) is 124 Å². The van der Waals surface area contributed by atoms with Crippen LogP contribution >= 0.6 is 0 Å². The molecule has 0 saturated heterocycles. The number of hydrogen-bond donors (Lipinski definition) is 2. The van der Waals surface area contributed by atoms with Crippen LogP contribution < -0.4 is 5.32 Å². The number of likely N-dealkylation sites (N-methyl/N-ethyl adjacent to an activating group) is 2. The minimum absolute atomic E-state index is 0.187. The molecule has 6 rings (SSSR count). The molecule has 0 heterocycles. The molecule has 0 spiro atoms. The Morgan fingerprint density at radius 2 is 1.54 bits per heavy atom. The molecule has 5 heteroatoms. The zero-order chi connectivity index (χ0) is 34.9. The Balaban J connectivity index is 1.32. The summed E-state index contributed by atoms with van der Waals surface area (Å²) in [5, 5.41) is 13.0. The van der Waals surface area contributed by atoms with Gasteiger partial charge in [0, 0.05) is 31.7 Å². The minimum atomic E-state index is -0.829. The zero-order valence-corrected chi connectivity index (χ0v) is 32.5. The van der Waals surface area contributed by atoms with E-state index in [1.54, 1.807) is 0 Å². The van der Waals surface area contributed by atoms with Gasteiger partial charge in [0.2, 0.25) is 0 Å². The Morgan fingerprint density at radius 1 is 0.833 bits per heavy atom. The van der Waals surface area contributed by atoms with E-state index < -0.39 is 5.97 Å². The van der Waals surface area contributed by atoms with Crippen LogP contribution in [-0.4, -0.2) is 73.7 Å². The van der Waals surface area contributed by atoms with Crippen molar-refractivity contribution in [2.75, 3.05) is 47.3 Å². The fourth-order valence-electron chi connectivity index (χ4n) is 14.5. The molecule has 5 saturated carbocycles. The Labute approximate surface area is 294 Å². The van der Waals surface area contributed by atoms with Crippen molar-refractivity contribution in [3.8, 4) is 0 Å². The quantitative estimate of drug-likeness (QED) is 0.262. The molecule has 1 aromatic rings. The maximum atomic E-state index is 11.6. The number of rotatable bonds is 10. The van der Waals surface area contributed by atoms with Crippen molar-refractivity contribution < 1.29 is 9.90 Å². The molecule has 0 amide bonds. The van der Waals surface area contributed by atoms with Gasteiger partial charge in [0.25, 0.3) is 0 Å². The normalized spacial score (nSPS) is 41.9. The molecule has 0 bridgehead atoms. The van der Waals surface area contributed by atoms with E-state index in [-0.39, 0.29) is 5.41 Å². The van der Waals surface area contributed by atoms with Gasteiger partial charge in [-0.1, -0.05) is 60.6 Å². The molecule has 0 aliphatic heterocycles. The van der Waals surface area contributed by atoms with Crippen LogP contribution in [0.25, 0.3) is 0 Å². The second kappa shape index (κ2) is 13.0. The molecular weight excluding hydrogens is 590 g/mol. The number of aromatic carboxylic acids is 1. The van der Waals surface area contributed by atoms with E-state index in [1.807, 2.05) is 12.1 Å². The van der Waals surface area contributed by atoms with Gasteiger partial charge in [0.1, 0.15) is 0 Å². The summed E-state index contributed by atoms with van der Waals surface area (Å²) in [5.41, 5.74) is 3.41. The number of carboxylic acids is 1. The highest BCUT2D eigenvalue weighted by molar-refractivity contribution is 5.87. The molecule has 0 radical (unpaired) electrons. The monoisotopic (exact) mass is 662 g/mol. The van der Waals surface area contributed by atoms with Gasteiger partial charge >= 0.3 is 5.97 Å². The largest absolute Gasteiger partial charge is 0.478 e. The minimum Gasteiger partial charge on any atom is -0.478 e. The van der Waals surface area contributed by atoms with Crippen LogP contribution in [-0.2, 0) is 0 Å². The number of carbonyl (C=O) groups is 1. The van der Waals surface area contributed by atoms with Crippen LogP contribution in [0.5, 0.6) is 0 Å². The summed E-state index contributed by atoms with van der Waals surface area (Å²) in [6.45, 7) is 23.1. The Bertz CT molecular complexity index is 1310. The molecule has 5 nitrogen and oxygen atoms in total. The lowest BCUT2D eigenvalue weighted by molar-refractivity contribution is -0.242. The van der Waals surface area contributed by atoms with Crippen molar-refractivity contribution >= 4 is 5.97 Å². The number of nitrogens with one attached hydrogen (secondary N) is 1. The van der Waals surface area contributed by atoms with E-state index in [0.29, 0.717) is 39.2 Å². The van der Waals surface area contributed by atoms with Gasteiger partial charge in [-0.25, -0.2) is 4.79 Å². The van der Waals surface area contributed by atoms with Gasteiger partial charge in [0.05, 0.1) is 5.56 Å². The first-order valence-electron chi connectivity index (χ1n) is 19.9. The van der Waals surface area contributed by atoms with Crippen LogP contribution in [0.4, 0.5) is 0 Å². The number of nitrogens with zero attached hydrogens (tertiary/aromatic N) is 2. The average molecular weight is 662 g/mol. The first-order valence-corrected chi connectivity index (χ1v) is 19.9. The first kappa shape index (κ1) is 36.4. The third kappa shape index (κ3) is 5.45. The van der Waals surface area contributed by atoms with Gasteiger partial charge < -0.3 is 15.3 Å². The second-order valence-corrected chi connectivity index (χ2v) is 19.5. The summed E-state index contributed by atoms with van der Waals surface area (Å²) in [4.78, 5) is 17.0. The summed E-state index contributed by atoms with van der Waals surface area (Å²) in [6.07, 6.45) is 13.6. The van der Waals surface area contributed by atoms with Crippen LogP contribution in [0.15, 0.2) is 24.3 Å². The van der Waals surface area contributed by atoms with Gasteiger partial charge in [-0.2, -0.15) is 0 Å². The van der Waals surface area contributed by atoms with E-state index in [1.165, 1.54) is 82.9 Å². The third-order valence-electron chi connectivity index (χ3n) is 17.0. The van der Waals surface area contributed by atoms with Crippen LogP contribution in [0.3, 0.4) is 0 Å². The summed E-state index contributed by atoms with van der Waals surface area (Å²) in [5.74, 6) is 4.33. The van der Waals surface area contributed by atoms with E-state index >= 15 is 0 Å². The second-order valence-electron chi connectivity index (χ2n) is 19.5. The summed E-state index contributed by atoms with van der Waals surface area (Å²) >= 11 is 0. The highest BCUT2D eigenvalue weighted by atomic mass is 16.4. The van der Waals surface area contributed by atoms with Crippen molar-refractivity contribution in [1.29, 1.82) is 0 Å². The Kier molecular flexibility index (Phi) is 9.82. The molecule has 270 valence electrons. The molecular formula is C43H71N3O2. The SMILES string of the molecule is CNCCN(CCN(C)C)[C@]12CC[C@@H](C(C)C)[C@@H]1[C@H]1CC[C@@H]3[C@@]4(C)CC[C@H](c5ccc(C(=O)O)cc5)C(C)(C)[C@@H]4CC[C@@]3(C)[C@]1(C)CC2. The highest BCUT2D eigenvalue weighted by Crippen LogP contribution is 2.77. The van der Waals surface area contributed by atoms with Gasteiger partial charge in [-0.3, -0.25) is 4.90 Å². The van der Waals surface area contributed by atoms with E-state index in [4.69, 9.17) is 0 Å².